The van der Waals surface area contributed by atoms with Gasteiger partial charge in [0.25, 0.3) is 0 Å². The van der Waals surface area contributed by atoms with Crippen LogP contribution in [0.1, 0.15) is 46.5 Å². The molecule has 1 amide bonds. The zero-order valence-corrected chi connectivity index (χ0v) is 11.6. The van der Waals surface area contributed by atoms with Crippen LogP contribution in [0.3, 0.4) is 0 Å². The minimum Gasteiger partial charge on any atom is -0.368 e. The lowest BCUT2D eigenvalue weighted by Gasteiger charge is -2.35. The zero-order valence-electron chi connectivity index (χ0n) is 11.6. The van der Waals surface area contributed by atoms with Crippen molar-refractivity contribution in [2.24, 2.45) is 5.73 Å². The van der Waals surface area contributed by atoms with Gasteiger partial charge in [-0.25, -0.2) is 0 Å². The minimum atomic E-state index is -0.223. The van der Waals surface area contributed by atoms with Gasteiger partial charge in [-0.3, -0.25) is 4.79 Å². The number of nitrogens with two attached hydrogens (primary N) is 1. The summed E-state index contributed by atoms with van der Waals surface area (Å²) in [5, 5.41) is 3.31. The molecule has 0 radical (unpaired) electrons. The molecule has 1 rings (SSSR count). The Morgan fingerprint density at radius 2 is 2.12 bits per heavy atom. The Labute approximate surface area is 105 Å². The van der Waals surface area contributed by atoms with Crippen LogP contribution in [-0.4, -0.2) is 42.0 Å². The quantitative estimate of drug-likeness (QED) is 0.669. The topological polar surface area (TPSA) is 58.4 Å². The van der Waals surface area contributed by atoms with Crippen LogP contribution in [0, 0.1) is 0 Å². The lowest BCUT2D eigenvalue weighted by molar-refractivity contribution is -0.120. The zero-order chi connectivity index (χ0) is 13.1. The third-order valence-corrected chi connectivity index (χ3v) is 4.01. The van der Waals surface area contributed by atoms with Crippen LogP contribution in [0.2, 0.25) is 0 Å². The van der Waals surface area contributed by atoms with Crippen molar-refractivity contribution in [3.8, 4) is 0 Å². The molecule has 1 aliphatic rings. The minimum absolute atomic E-state index is 0.169. The maximum absolute atomic E-state index is 11.3. The smallest absolute Gasteiger partial charge is 0.234 e. The van der Waals surface area contributed by atoms with Gasteiger partial charge < -0.3 is 16.0 Å². The van der Waals surface area contributed by atoms with Gasteiger partial charge >= 0.3 is 0 Å². The summed E-state index contributed by atoms with van der Waals surface area (Å²) in [6.07, 6.45) is 4.26. The molecule has 3 N–H and O–H groups in total. The van der Waals surface area contributed by atoms with Crippen LogP contribution in [0.5, 0.6) is 0 Å². The highest BCUT2D eigenvalue weighted by molar-refractivity contribution is 5.79. The Kier molecular flexibility index (Phi) is 4.95. The number of hydrogen-bond acceptors (Lipinski definition) is 3. The molecule has 0 aromatic heterocycles. The van der Waals surface area contributed by atoms with E-state index >= 15 is 0 Å². The predicted octanol–water partition coefficient (Wildman–Crippen LogP) is 1.10. The summed E-state index contributed by atoms with van der Waals surface area (Å²) in [5.41, 5.74) is 5.60. The van der Waals surface area contributed by atoms with Gasteiger partial charge in [0.1, 0.15) is 0 Å². The van der Waals surface area contributed by atoms with Crippen molar-refractivity contribution in [1.82, 2.24) is 10.2 Å². The first kappa shape index (κ1) is 14.5. The molecule has 1 unspecified atom stereocenters. The van der Waals surface area contributed by atoms with Crippen LogP contribution >= 0.6 is 0 Å². The summed E-state index contributed by atoms with van der Waals surface area (Å²) >= 11 is 0. The Morgan fingerprint density at radius 3 is 2.53 bits per heavy atom. The van der Waals surface area contributed by atoms with E-state index in [0.29, 0.717) is 6.04 Å². The molecule has 4 nitrogen and oxygen atoms in total. The van der Waals surface area contributed by atoms with E-state index < -0.39 is 0 Å². The number of nitrogens with zero attached hydrogens (tertiary/aromatic N) is 1. The molecule has 0 heterocycles. The highest BCUT2D eigenvalue weighted by Gasteiger charge is 2.28. The number of nitrogens with one attached hydrogen (secondary N) is 1. The second kappa shape index (κ2) is 5.83. The molecule has 0 aliphatic heterocycles. The van der Waals surface area contributed by atoms with Crippen molar-refractivity contribution in [3.05, 3.63) is 0 Å². The van der Waals surface area contributed by atoms with Crippen molar-refractivity contribution < 1.29 is 4.79 Å². The first-order chi connectivity index (χ1) is 7.86. The van der Waals surface area contributed by atoms with E-state index in [0.717, 1.165) is 19.4 Å². The highest BCUT2D eigenvalue weighted by atomic mass is 16.1. The number of carbonyl (C=O) groups excluding carboxylic acids is 1. The lowest BCUT2D eigenvalue weighted by atomic mass is 9.99. The monoisotopic (exact) mass is 241 g/mol. The maximum atomic E-state index is 11.3. The van der Waals surface area contributed by atoms with Gasteiger partial charge in [-0.2, -0.15) is 0 Å². The molecule has 1 saturated carbocycles. The third kappa shape index (κ3) is 4.64. The van der Waals surface area contributed by atoms with Crippen LogP contribution < -0.4 is 11.1 Å². The SMILES string of the molecule is CCC(C)(C)N(C)CCC(NC1CC1)C(N)=O. The molecular formula is C13H27N3O. The molecule has 0 bridgehead atoms. The first-order valence-corrected chi connectivity index (χ1v) is 6.63. The Morgan fingerprint density at radius 1 is 1.53 bits per heavy atom. The molecule has 1 aliphatic carbocycles. The summed E-state index contributed by atoms with van der Waals surface area (Å²) in [6.45, 7) is 7.53. The molecule has 4 heteroatoms. The second-order valence-electron chi connectivity index (χ2n) is 5.77. The predicted molar refractivity (Wildman–Crippen MR) is 70.8 cm³/mol. The molecule has 100 valence electrons. The number of hydrogen-bond donors (Lipinski definition) is 2. The van der Waals surface area contributed by atoms with Crippen molar-refractivity contribution in [1.29, 1.82) is 0 Å². The largest absolute Gasteiger partial charge is 0.368 e. The van der Waals surface area contributed by atoms with Gasteiger partial charge in [-0.15, -0.1) is 0 Å². The molecule has 1 fully saturated rings. The average molecular weight is 241 g/mol. The molecule has 0 saturated heterocycles. The van der Waals surface area contributed by atoms with Crippen molar-refractivity contribution in [3.63, 3.8) is 0 Å². The standard InChI is InChI=1S/C13H27N3O/c1-5-13(2,3)16(4)9-8-11(12(14)17)15-10-6-7-10/h10-11,15H,5-9H2,1-4H3,(H2,14,17). The Hall–Kier alpha value is -0.610. The van der Waals surface area contributed by atoms with Gasteiger partial charge in [0.05, 0.1) is 6.04 Å². The van der Waals surface area contributed by atoms with Crippen LogP contribution in [0.25, 0.3) is 0 Å². The van der Waals surface area contributed by atoms with Gasteiger partial charge in [0.2, 0.25) is 5.91 Å². The van der Waals surface area contributed by atoms with E-state index in [-0.39, 0.29) is 17.5 Å². The number of carbonyl (C=O) groups is 1. The summed E-state index contributed by atoms with van der Waals surface area (Å²) in [7, 11) is 2.11. The van der Waals surface area contributed by atoms with Gasteiger partial charge in [-0.05, 0) is 46.6 Å². The Balaban J connectivity index is 2.37. The fourth-order valence-electron chi connectivity index (χ4n) is 1.74. The average Bonchev–Trinajstić information content (AvgIpc) is 3.06. The summed E-state index contributed by atoms with van der Waals surface area (Å²) in [4.78, 5) is 13.6. The molecule has 0 spiro atoms. The maximum Gasteiger partial charge on any atom is 0.234 e. The van der Waals surface area contributed by atoms with Crippen molar-refractivity contribution in [2.75, 3.05) is 13.6 Å². The Bertz CT molecular complexity index is 261. The molecular weight excluding hydrogens is 214 g/mol. The summed E-state index contributed by atoms with van der Waals surface area (Å²) < 4.78 is 0. The third-order valence-electron chi connectivity index (χ3n) is 4.01. The van der Waals surface area contributed by atoms with Crippen LogP contribution in [-0.2, 0) is 4.79 Å². The van der Waals surface area contributed by atoms with E-state index in [1.807, 2.05) is 0 Å². The van der Waals surface area contributed by atoms with E-state index in [4.69, 9.17) is 5.73 Å². The van der Waals surface area contributed by atoms with Crippen LogP contribution in [0.4, 0.5) is 0 Å². The number of primary amides is 1. The summed E-state index contributed by atoms with van der Waals surface area (Å²) in [5.74, 6) is -0.223. The van der Waals surface area contributed by atoms with Crippen LogP contribution in [0.15, 0.2) is 0 Å². The van der Waals surface area contributed by atoms with Crippen molar-refractivity contribution >= 4 is 5.91 Å². The highest BCUT2D eigenvalue weighted by Crippen LogP contribution is 2.21. The summed E-state index contributed by atoms with van der Waals surface area (Å²) in [6, 6.07) is 0.356. The fraction of sp³-hybridized carbons (Fsp3) is 0.923. The molecule has 1 atom stereocenters. The van der Waals surface area contributed by atoms with Gasteiger partial charge in [-0.1, -0.05) is 6.92 Å². The number of amides is 1. The van der Waals surface area contributed by atoms with E-state index in [1.165, 1.54) is 12.8 Å². The number of rotatable bonds is 8. The van der Waals surface area contributed by atoms with E-state index in [9.17, 15) is 4.79 Å². The van der Waals surface area contributed by atoms with Gasteiger partial charge in [0, 0.05) is 18.1 Å². The fourth-order valence-corrected chi connectivity index (χ4v) is 1.74. The van der Waals surface area contributed by atoms with E-state index in [1.54, 1.807) is 0 Å². The van der Waals surface area contributed by atoms with Gasteiger partial charge in [0.15, 0.2) is 0 Å². The molecule has 0 aromatic rings. The molecule has 17 heavy (non-hydrogen) atoms. The second-order valence-corrected chi connectivity index (χ2v) is 5.77. The lowest BCUT2D eigenvalue weighted by Crippen LogP contribution is -2.47. The van der Waals surface area contributed by atoms with E-state index in [2.05, 4.69) is 38.0 Å². The molecule has 0 aromatic carbocycles. The normalized spacial score (nSPS) is 18.4. The first-order valence-electron chi connectivity index (χ1n) is 6.63. The van der Waals surface area contributed by atoms with Crippen molar-refractivity contribution in [2.45, 2.75) is 64.1 Å².